The lowest BCUT2D eigenvalue weighted by Gasteiger charge is -2.22. The van der Waals surface area contributed by atoms with Crippen LogP contribution in [0.15, 0.2) is 84.4 Å². The molecular formula is C27H22ClNO4. The first kappa shape index (κ1) is 22.4. The number of benzene rings is 3. The van der Waals surface area contributed by atoms with E-state index in [4.69, 9.17) is 21.1 Å². The average Bonchev–Trinajstić information content (AvgIpc) is 3.16. The molecule has 0 aromatic heterocycles. The average molecular weight is 460 g/mol. The Bertz CT molecular complexity index is 1250. The molecule has 1 heterocycles. The molecule has 0 fully saturated rings. The number of carbonyl (C=O) groups excluding carboxylic acids is 2. The first-order chi connectivity index (χ1) is 16.0. The van der Waals surface area contributed by atoms with Crippen molar-refractivity contribution in [2.45, 2.75) is 6.92 Å². The Hall–Kier alpha value is -3.83. The van der Waals surface area contributed by atoms with Crippen LogP contribution in [0.3, 0.4) is 0 Å². The van der Waals surface area contributed by atoms with E-state index in [0.29, 0.717) is 34.2 Å². The Balaban J connectivity index is 1.80. The zero-order valence-electron chi connectivity index (χ0n) is 18.2. The number of hydrogen-bond donors (Lipinski definition) is 0. The topological polar surface area (TPSA) is 55.8 Å². The van der Waals surface area contributed by atoms with Gasteiger partial charge in [-0.1, -0.05) is 54.1 Å². The van der Waals surface area contributed by atoms with Crippen LogP contribution >= 0.6 is 11.6 Å². The molecule has 0 unspecified atom stereocenters. The normalized spacial score (nSPS) is 14.4. The molecule has 0 spiro atoms. The Labute approximate surface area is 197 Å². The molecule has 6 heteroatoms. The van der Waals surface area contributed by atoms with E-state index >= 15 is 0 Å². The van der Waals surface area contributed by atoms with Crippen molar-refractivity contribution >= 4 is 40.9 Å². The highest BCUT2D eigenvalue weighted by Gasteiger charge is 2.32. The number of halogens is 1. The van der Waals surface area contributed by atoms with E-state index in [2.05, 4.69) is 0 Å². The number of carbonyl (C=O) groups is 2. The molecular weight excluding hydrogens is 438 g/mol. The molecule has 3 aromatic carbocycles. The van der Waals surface area contributed by atoms with E-state index in [1.165, 1.54) is 12.0 Å². The summed E-state index contributed by atoms with van der Waals surface area (Å²) >= 11 is 6.49. The van der Waals surface area contributed by atoms with E-state index < -0.39 is 5.97 Å². The van der Waals surface area contributed by atoms with Gasteiger partial charge in [-0.05, 0) is 60.5 Å². The maximum Gasteiger partial charge on any atom is 0.337 e. The number of nitrogens with zero attached hydrogens (tertiary/aromatic N) is 1. The number of hydrogen-bond acceptors (Lipinski definition) is 4. The van der Waals surface area contributed by atoms with Crippen molar-refractivity contribution < 1.29 is 19.1 Å². The van der Waals surface area contributed by atoms with Crippen molar-refractivity contribution in [3.63, 3.8) is 0 Å². The van der Waals surface area contributed by atoms with Gasteiger partial charge in [0.1, 0.15) is 5.75 Å². The molecule has 3 aromatic rings. The Morgan fingerprint density at radius 2 is 1.76 bits per heavy atom. The van der Waals surface area contributed by atoms with Gasteiger partial charge in [0.15, 0.2) is 0 Å². The summed E-state index contributed by atoms with van der Waals surface area (Å²) in [5.41, 5.74) is 3.59. The van der Waals surface area contributed by atoms with Crippen LogP contribution in [0.5, 0.6) is 5.75 Å². The largest absolute Gasteiger partial charge is 0.494 e. The standard InChI is InChI=1S/C27H22ClNO4/c1-3-33-22-12-9-18(10-13-22)15-21-17-24(19-7-5-4-6-8-19)29(26(21)30)25-16-20(27(31)32-2)11-14-23(25)28/h4-17H,3H2,1-2H3/b21-15+. The van der Waals surface area contributed by atoms with Crippen LogP contribution in [-0.4, -0.2) is 25.6 Å². The van der Waals surface area contributed by atoms with Crippen LogP contribution in [0.2, 0.25) is 5.02 Å². The molecule has 0 saturated carbocycles. The van der Waals surface area contributed by atoms with E-state index in [1.54, 1.807) is 18.2 Å². The second-order valence-electron chi connectivity index (χ2n) is 7.30. The molecule has 0 atom stereocenters. The fourth-order valence-electron chi connectivity index (χ4n) is 3.61. The van der Waals surface area contributed by atoms with E-state index in [-0.39, 0.29) is 5.91 Å². The highest BCUT2D eigenvalue weighted by atomic mass is 35.5. The molecule has 0 radical (unpaired) electrons. The smallest absolute Gasteiger partial charge is 0.337 e. The summed E-state index contributed by atoms with van der Waals surface area (Å²) < 4.78 is 10.3. The van der Waals surface area contributed by atoms with Crippen LogP contribution in [0.1, 0.15) is 28.4 Å². The van der Waals surface area contributed by atoms with Crippen molar-refractivity contribution in [3.8, 4) is 5.75 Å². The fourth-order valence-corrected chi connectivity index (χ4v) is 3.81. The first-order valence-corrected chi connectivity index (χ1v) is 10.8. The number of esters is 1. The van der Waals surface area contributed by atoms with Gasteiger partial charge in [0.25, 0.3) is 5.91 Å². The lowest BCUT2D eigenvalue weighted by atomic mass is 10.1. The minimum atomic E-state index is -0.505. The highest BCUT2D eigenvalue weighted by molar-refractivity contribution is 6.36. The van der Waals surface area contributed by atoms with Crippen LogP contribution < -0.4 is 9.64 Å². The Morgan fingerprint density at radius 1 is 1.03 bits per heavy atom. The predicted molar refractivity (Wildman–Crippen MR) is 130 cm³/mol. The zero-order chi connectivity index (χ0) is 23.4. The number of methoxy groups -OCH3 is 1. The monoisotopic (exact) mass is 459 g/mol. The molecule has 5 nitrogen and oxygen atoms in total. The maximum absolute atomic E-state index is 13.6. The highest BCUT2D eigenvalue weighted by Crippen LogP contribution is 2.39. The van der Waals surface area contributed by atoms with Gasteiger partial charge in [-0.2, -0.15) is 0 Å². The van der Waals surface area contributed by atoms with Crippen molar-refractivity contribution in [3.05, 3.63) is 106 Å². The summed E-state index contributed by atoms with van der Waals surface area (Å²) in [7, 11) is 1.31. The van der Waals surface area contributed by atoms with Crippen LogP contribution in [0.25, 0.3) is 11.8 Å². The quantitative estimate of drug-likeness (QED) is 0.335. The van der Waals surface area contributed by atoms with E-state index in [0.717, 1.165) is 16.9 Å². The molecule has 1 aliphatic heterocycles. The van der Waals surface area contributed by atoms with Gasteiger partial charge in [0.2, 0.25) is 0 Å². The molecule has 1 aliphatic rings. The molecule has 0 aliphatic carbocycles. The molecule has 4 rings (SSSR count). The van der Waals surface area contributed by atoms with E-state index in [9.17, 15) is 9.59 Å². The summed E-state index contributed by atoms with van der Waals surface area (Å²) in [4.78, 5) is 27.2. The summed E-state index contributed by atoms with van der Waals surface area (Å²) in [5.74, 6) is 0.0209. The third-order valence-electron chi connectivity index (χ3n) is 5.17. The van der Waals surface area contributed by atoms with Crippen molar-refractivity contribution in [2.24, 2.45) is 0 Å². The number of amides is 1. The minimum absolute atomic E-state index is 0.244. The summed E-state index contributed by atoms with van der Waals surface area (Å²) in [6, 6.07) is 21.8. The molecule has 1 amide bonds. The summed E-state index contributed by atoms with van der Waals surface area (Å²) in [6.07, 6.45) is 3.65. The van der Waals surface area contributed by atoms with Crippen molar-refractivity contribution in [1.29, 1.82) is 0 Å². The Morgan fingerprint density at radius 3 is 2.42 bits per heavy atom. The first-order valence-electron chi connectivity index (χ1n) is 10.5. The fraction of sp³-hybridized carbons (Fsp3) is 0.111. The van der Waals surface area contributed by atoms with Gasteiger partial charge >= 0.3 is 5.97 Å². The minimum Gasteiger partial charge on any atom is -0.494 e. The van der Waals surface area contributed by atoms with Gasteiger partial charge in [0, 0.05) is 5.57 Å². The third-order valence-corrected chi connectivity index (χ3v) is 5.49. The molecule has 166 valence electrons. The molecule has 33 heavy (non-hydrogen) atoms. The number of ether oxygens (including phenoxy) is 2. The van der Waals surface area contributed by atoms with Gasteiger partial charge in [0.05, 0.1) is 35.7 Å². The van der Waals surface area contributed by atoms with Gasteiger partial charge in [-0.3, -0.25) is 9.69 Å². The maximum atomic E-state index is 13.6. The lowest BCUT2D eigenvalue weighted by Crippen LogP contribution is -2.25. The molecule has 0 bridgehead atoms. The number of anilines is 1. The van der Waals surface area contributed by atoms with Gasteiger partial charge in [-0.15, -0.1) is 0 Å². The molecule has 0 N–H and O–H groups in total. The summed E-state index contributed by atoms with van der Waals surface area (Å²) in [6.45, 7) is 2.51. The summed E-state index contributed by atoms with van der Waals surface area (Å²) in [5, 5.41) is 0.347. The van der Waals surface area contributed by atoms with Gasteiger partial charge < -0.3 is 9.47 Å². The predicted octanol–water partition coefficient (Wildman–Crippen LogP) is 6.00. The van der Waals surface area contributed by atoms with Gasteiger partial charge in [-0.25, -0.2) is 4.79 Å². The third kappa shape index (κ3) is 4.69. The Kier molecular flexibility index (Phi) is 6.61. The van der Waals surface area contributed by atoms with Crippen molar-refractivity contribution in [1.82, 2.24) is 0 Å². The van der Waals surface area contributed by atoms with Crippen LogP contribution in [0, 0.1) is 0 Å². The second-order valence-corrected chi connectivity index (χ2v) is 7.70. The second kappa shape index (κ2) is 9.76. The molecule has 0 saturated heterocycles. The van der Waals surface area contributed by atoms with Crippen LogP contribution in [0.4, 0.5) is 5.69 Å². The zero-order valence-corrected chi connectivity index (χ0v) is 19.0. The van der Waals surface area contributed by atoms with Crippen molar-refractivity contribution in [2.75, 3.05) is 18.6 Å². The SMILES string of the molecule is CCOc1ccc(/C=C2\C=C(c3ccccc3)N(c3cc(C(=O)OC)ccc3Cl)C2=O)cc1. The number of rotatable bonds is 6. The lowest BCUT2D eigenvalue weighted by molar-refractivity contribution is -0.113. The van der Waals surface area contributed by atoms with Crippen LogP contribution in [-0.2, 0) is 9.53 Å². The van der Waals surface area contributed by atoms with E-state index in [1.807, 2.05) is 73.7 Å².